The lowest BCUT2D eigenvalue weighted by atomic mass is 10.1. The van der Waals surface area contributed by atoms with E-state index in [1.54, 1.807) is 17.8 Å². The molecule has 0 fully saturated rings. The topological polar surface area (TPSA) is 82.5 Å². The molecule has 0 unspecified atom stereocenters. The van der Waals surface area contributed by atoms with Crippen molar-refractivity contribution >= 4 is 12.1 Å². The Morgan fingerprint density at radius 2 is 1.89 bits per heavy atom. The van der Waals surface area contributed by atoms with E-state index in [1.807, 2.05) is 51.1 Å². The van der Waals surface area contributed by atoms with Gasteiger partial charge in [-0.25, -0.2) is 9.59 Å². The molecule has 0 radical (unpaired) electrons. The minimum atomic E-state index is -0.546. The molecule has 0 spiro atoms. The highest BCUT2D eigenvalue weighted by molar-refractivity contribution is 5.90. The quantitative estimate of drug-likeness (QED) is 0.754. The summed E-state index contributed by atoms with van der Waals surface area (Å²) in [4.78, 5) is 24.0. The largest absolute Gasteiger partial charge is 0.462 e. The van der Waals surface area contributed by atoms with Crippen LogP contribution in [0.15, 0.2) is 36.5 Å². The summed E-state index contributed by atoms with van der Waals surface area (Å²) in [6.07, 6.45) is 1.71. The summed E-state index contributed by atoms with van der Waals surface area (Å²) < 4.78 is 12.0. The standard InChI is InChI=1S/C20H27N3O4/c1-5-26-18(24)16-14-23(12-11-21-19(25)27-20(2,3)4)22-17(16)13-15-9-7-6-8-10-15/h6-10,14H,5,11-13H2,1-4H3,(H,21,25). The zero-order valence-corrected chi connectivity index (χ0v) is 16.3. The summed E-state index contributed by atoms with van der Waals surface area (Å²) >= 11 is 0. The van der Waals surface area contributed by atoms with Crippen LogP contribution in [0.25, 0.3) is 0 Å². The summed E-state index contributed by atoms with van der Waals surface area (Å²) in [6.45, 7) is 8.24. The number of ether oxygens (including phenoxy) is 2. The predicted molar refractivity (Wildman–Crippen MR) is 102 cm³/mol. The molecule has 0 aliphatic rings. The number of hydrogen-bond acceptors (Lipinski definition) is 5. The average Bonchev–Trinajstić information content (AvgIpc) is 2.97. The number of alkyl carbamates (subject to hydrolysis) is 1. The summed E-state index contributed by atoms with van der Waals surface area (Å²) in [7, 11) is 0. The normalized spacial score (nSPS) is 11.1. The van der Waals surface area contributed by atoms with Gasteiger partial charge < -0.3 is 14.8 Å². The Balaban J connectivity index is 2.05. The fourth-order valence-corrected chi connectivity index (χ4v) is 2.46. The summed E-state index contributed by atoms with van der Waals surface area (Å²) in [5, 5.41) is 7.19. The van der Waals surface area contributed by atoms with Gasteiger partial charge in [-0.05, 0) is 33.3 Å². The highest BCUT2D eigenvalue weighted by Gasteiger charge is 2.19. The lowest BCUT2D eigenvalue weighted by molar-refractivity contribution is 0.0513. The van der Waals surface area contributed by atoms with Gasteiger partial charge in [-0.3, -0.25) is 4.68 Å². The van der Waals surface area contributed by atoms with Crippen molar-refractivity contribution < 1.29 is 19.1 Å². The number of esters is 1. The van der Waals surface area contributed by atoms with Crippen LogP contribution >= 0.6 is 0 Å². The van der Waals surface area contributed by atoms with Gasteiger partial charge >= 0.3 is 12.1 Å². The second-order valence-corrected chi connectivity index (χ2v) is 7.06. The Bertz CT molecular complexity index is 763. The predicted octanol–water partition coefficient (Wildman–Crippen LogP) is 3.18. The fraction of sp³-hybridized carbons (Fsp3) is 0.450. The molecule has 0 atom stereocenters. The maximum atomic E-state index is 12.2. The molecule has 1 aromatic carbocycles. The van der Waals surface area contributed by atoms with Crippen LogP contribution in [0.2, 0.25) is 0 Å². The molecule has 0 aliphatic carbocycles. The van der Waals surface area contributed by atoms with Crippen molar-refractivity contribution in [1.29, 1.82) is 0 Å². The van der Waals surface area contributed by atoms with E-state index in [-0.39, 0.29) is 0 Å². The number of carbonyl (C=O) groups excluding carboxylic acids is 2. The number of nitrogens with one attached hydrogen (secondary N) is 1. The van der Waals surface area contributed by atoms with Crippen LogP contribution in [0.5, 0.6) is 0 Å². The van der Waals surface area contributed by atoms with Crippen molar-refractivity contribution in [2.75, 3.05) is 13.2 Å². The van der Waals surface area contributed by atoms with E-state index < -0.39 is 17.7 Å². The molecule has 0 bridgehead atoms. The number of benzene rings is 1. The van der Waals surface area contributed by atoms with E-state index in [0.717, 1.165) is 5.56 Å². The van der Waals surface area contributed by atoms with Gasteiger partial charge in [0.15, 0.2) is 0 Å². The zero-order chi connectivity index (χ0) is 19.9. The van der Waals surface area contributed by atoms with Gasteiger partial charge in [-0.2, -0.15) is 5.10 Å². The van der Waals surface area contributed by atoms with E-state index in [2.05, 4.69) is 10.4 Å². The molecule has 1 heterocycles. The molecule has 27 heavy (non-hydrogen) atoms. The first kappa shape index (κ1) is 20.5. The molecule has 7 nitrogen and oxygen atoms in total. The molecular formula is C20H27N3O4. The molecule has 1 aromatic heterocycles. The third-order valence-corrected chi connectivity index (χ3v) is 3.56. The van der Waals surface area contributed by atoms with Crippen molar-refractivity contribution in [3.8, 4) is 0 Å². The molecular weight excluding hydrogens is 346 g/mol. The molecule has 1 N–H and O–H groups in total. The molecule has 2 rings (SSSR count). The number of hydrogen-bond donors (Lipinski definition) is 1. The zero-order valence-electron chi connectivity index (χ0n) is 16.3. The highest BCUT2D eigenvalue weighted by atomic mass is 16.6. The van der Waals surface area contributed by atoms with Crippen LogP contribution in [0.1, 0.15) is 49.3 Å². The first-order chi connectivity index (χ1) is 12.8. The molecule has 1 amide bonds. The summed E-state index contributed by atoms with van der Waals surface area (Å²) in [6, 6.07) is 9.80. The molecule has 0 saturated heterocycles. The summed E-state index contributed by atoms with van der Waals surface area (Å²) in [5.41, 5.74) is 1.60. The SMILES string of the molecule is CCOC(=O)c1cn(CCNC(=O)OC(C)(C)C)nc1Cc1ccccc1. The lowest BCUT2D eigenvalue weighted by Gasteiger charge is -2.19. The number of rotatable bonds is 7. The van der Waals surface area contributed by atoms with E-state index in [0.29, 0.717) is 37.4 Å². The first-order valence-electron chi connectivity index (χ1n) is 9.02. The number of nitrogens with zero attached hydrogens (tertiary/aromatic N) is 2. The minimum absolute atomic E-state index is 0.301. The minimum Gasteiger partial charge on any atom is -0.462 e. The van der Waals surface area contributed by atoms with Gasteiger partial charge in [0.05, 0.1) is 18.8 Å². The summed E-state index contributed by atoms with van der Waals surface area (Å²) in [5.74, 6) is -0.394. The fourth-order valence-electron chi connectivity index (χ4n) is 2.46. The van der Waals surface area contributed by atoms with Crippen LogP contribution in [0, 0.1) is 0 Å². The third kappa shape index (κ3) is 6.77. The number of carbonyl (C=O) groups is 2. The Hall–Kier alpha value is -2.83. The number of aromatic nitrogens is 2. The molecule has 7 heteroatoms. The van der Waals surface area contributed by atoms with Gasteiger partial charge in [-0.15, -0.1) is 0 Å². The number of amides is 1. The second kappa shape index (κ2) is 9.21. The molecule has 2 aromatic rings. The van der Waals surface area contributed by atoms with Crippen molar-refractivity contribution in [3.05, 3.63) is 53.3 Å². The van der Waals surface area contributed by atoms with Crippen molar-refractivity contribution in [2.45, 2.75) is 46.3 Å². The Morgan fingerprint density at radius 1 is 1.19 bits per heavy atom. The second-order valence-electron chi connectivity index (χ2n) is 7.06. The van der Waals surface area contributed by atoms with Gasteiger partial charge in [0, 0.05) is 19.2 Å². The van der Waals surface area contributed by atoms with Crippen molar-refractivity contribution in [2.24, 2.45) is 0 Å². The first-order valence-corrected chi connectivity index (χ1v) is 9.02. The van der Waals surface area contributed by atoms with Crippen LogP contribution in [-0.4, -0.2) is 40.6 Å². The van der Waals surface area contributed by atoms with E-state index in [9.17, 15) is 9.59 Å². The van der Waals surface area contributed by atoms with Gasteiger partial charge in [0.1, 0.15) is 11.2 Å². The van der Waals surface area contributed by atoms with Crippen LogP contribution < -0.4 is 5.32 Å². The average molecular weight is 373 g/mol. The third-order valence-electron chi connectivity index (χ3n) is 3.56. The van der Waals surface area contributed by atoms with E-state index in [4.69, 9.17) is 9.47 Å². The Kier molecular flexibility index (Phi) is 6.98. The molecule has 0 saturated carbocycles. The van der Waals surface area contributed by atoms with Gasteiger partial charge in [-0.1, -0.05) is 30.3 Å². The molecule has 146 valence electrons. The lowest BCUT2D eigenvalue weighted by Crippen LogP contribution is -2.34. The van der Waals surface area contributed by atoms with Crippen LogP contribution in [0.4, 0.5) is 4.79 Å². The van der Waals surface area contributed by atoms with Gasteiger partial charge in [0.25, 0.3) is 0 Å². The van der Waals surface area contributed by atoms with Crippen LogP contribution in [-0.2, 0) is 22.4 Å². The van der Waals surface area contributed by atoms with Crippen molar-refractivity contribution in [1.82, 2.24) is 15.1 Å². The van der Waals surface area contributed by atoms with E-state index >= 15 is 0 Å². The highest BCUT2D eigenvalue weighted by Crippen LogP contribution is 2.14. The Morgan fingerprint density at radius 3 is 2.52 bits per heavy atom. The smallest absolute Gasteiger partial charge is 0.407 e. The Labute approximate surface area is 159 Å². The maximum Gasteiger partial charge on any atom is 0.407 e. The van der Waals surface area contributed by atoms with E-state index in [1.165, 1.54) is 0 Å². The van der Waals surface area contributed by atoms with Crippen LogP contribution in [0.3, 0.4) is 0 Å². The monoisotopic (exact) mass is 373 g/mol. The van der Waals surface area contributed by atoms with Crippen molar-refractivity contribution in [3.63, 3.8) is 0 Å². The van der Waals surface area contributed by atoms with Gasteiger partial charge in [0.2, 0.25) is 0 Å². The maximum absolute atomic E-state index is 12.2. The molecule has 0 aliphatic heterocycles.